The number of aromatic nitrogens is 1. The summed E-state index contributed by atoms with van der Waals surface area (Å²) in [6.07, 6.45) is 2.49. The molecule has 0 spiro atoms. The van der Waals surface area contributed by atoms with Crippen LogP contribution in [0, 0.1) is 0 Å². The minimum absolute atomic E-state index is 0.345. The molecule has 0 N–H and O–H groups in total. The summed E-state index contributed by atoms with van der Waals surface area (Å²) in [5.74, 6) is 1.28. The Hall–Kier alpha value is -1.07. The van der Waals surface area contributed by atoms with Gasteiger partial charge < -0.3 is 14.0 Å². The molecule has 3 rings (SSSR count). The number of hydrogen-bond acceptors (Lipinski definition) is 4. The summed E-state index contributed by atoms with van der Waals surface area (Å²) in [6.45, 7) is 8.20. The quantitative estimate of drug-likeness (QED) is 0.793. The Labute approximate surface area is 121 Å². The lowest BCUT2D eigenvalue weighted by molar-refractivity contribution is 0.00578. The lowest BCUT2D eigenvalue weighted by Crippen LogP contribution is -2.41. The van der Waals surface area contributed by atoms with Gasteiger partial charge in [0.05, 0.1) is 23.9 Å². The molecule has 108 valence electrons. The molecular formula is C15H22BNO3. The Morgan fingerprint density at radius 3 is 2.25 bits per heavy atom. The first-order valence-corrected chi connectivity index (χ1v) is 7.24. The highest BCUT2D eigenvalue weighted by atomic mass is 16.7. The third-order valence-corrected chi connectivity index (χ3v) is 4.60. The van der Waals surface area contributed by atoms with Crippen LogP contribution < -0.4 is 10.3 Å². The molecule has 0 amide bonds. The fourth-order valence-corrected chi connectivity index (χ4v) is 2.39. The van der Waals surface area contributed by atoms with Gasteiger partial charge in [-0.25, -0.2) is 4.98 Å². The van der Waals surface area contributed by atoms with Crippen molar-refractivity contribution in [3.8, 4) is 5.88 Å². The zero-order valence-electron chi connectivity index (χ0n) is 12.9. The Morgan fingerprint density at radius 2 is 1.75 bits per heavy atom. The average Bonchev–Trinajstić information content (AvgIpc) is 3.17. The van der Waals surface area contributed by atoms with Gasteiger partial charge in [-0.15, -0.1) is 0 Å². The Bertz CT molecular complexity index is 510. The lowest BCUT2D eigenvalue weighted by atomic mass is 9.83. The first kappa shape index (κ1) is 13.9. The summed E-state index contributed by atoms with van der Waals surface area (Å²) >= 11 is 0. The van der Waals surface area contributed by atoms with Gasteiger partial charge in [-0.1, -0.05) is 0 Å². The number of methoxy groups -OCH3 is 1. The van der Waals surface area contributed by atoms with Gasteiger partial charge >= 0.3 is 7.12 Å². The molecule has 1 aromatic heterocycles. The number of hydrogen-bond donors (Lipinski definition) is 0. The topological polar surface area (TPSA) is 40.6 Å². The second-order valence-electron chi connectivity index (χ2n) is 6.73. The molecule has 1 aromatic rings. The van der Waals surface area contributed by atoms with Crippen LogP contribution in [0.3, 0.4) is 0 Å². The van der Waals surface area contributed by atoms with E-state index in [4.69, 9.17) is 14.0 Å². The van der Waals surface area contributed by atoms with Crippen molar-refractivity contribution in [2.75, 3.05) is 7.11 Å². The van der Waals surface area contributed by atoms with Crippen LogP contribution in [-0.4, -0.2) is 30.4 Å². The Kier molecular flexibility index (Phi) is 3.10. The SMILES string of the molecule is COc1cc(C2CC2)cc(B2OC(C)(C)C(C)(C)O2)n1. The largest absolute Gasteiger partial charge is 0.514 e. The van der Waals surface area contributed by atoms with Gasteiger partial charge in [0.1, 0.15) is 0 Å². The van der Waals surface area contributed by atoms with Crippen molar-refractivity contribution in [2.24, 2.45) is 0 Å². The van der Waals surface area contributed by atoms with E-state index in [1.165, 1.54) is 18.4 Å². The maximum atomic E-state index is 6.06. The number of ether oxygens (including phenoxy) is 1. The van der Waals surface area contributed by atoms with Gasteiger partial charge in [0.15, 0.2) is 0 Å². The van der Waals surface area contributed by atoms with E-state index in [1.54, 1.807) is 7.11 Å². The molecule has 2 heterocycles. The van der Waals surface area contributed by atoms with E-state index >= 15 is 0 Å². The first-order chi connectivity index (χ1) is 9.32. The lowest BCUT2D eigenvalue weighted by Gasteiger charge is -2.32. The van der Waals surface area contributed by atoms with Crippen LogP contribution in [0.5, 0.6) is 5.88 Å². The minimum atomic E-state index is -0.424. The van der Waals surface area contributed by atoms with Crippen molar-refractivity contribution < 1.29 is 14.0 Å². The second-order valence-corrected chi connectivity index (χ2v) is 6.73. The monoisotopic (exact) mass is 275 g/mol. The Morgan fingerprint density at radius 1 is 1.15 bits per heavy atom. The molecule has 20 heavy (non-hydrogen) atoms. The van der Waals surface area contributed by atoms with E-state index in [0.29, 0.717) is 11.8 Å². The Balaban J connectivity index is 1.92. The van der Waals surface area contributed by atoms with Crippen LogP contribution in [0.1, 0.15) is 52.0 Å². The zero-order chi connectivity index (χ0) is 14.5. The van der Waals surface area contributed by atoms with Crippen molar-refractivity contribution in [1.29, 1.82) is 0 Å². The van der Waals surface area contributed by atoms with E-state index < -0.39 is 7.12 Å². The standard InChI is InChI=1S/C15H22BNO3/c1-14(2)15(3,4)20-16(19-14)12-8-11(10-6-7-10)9-13(17-12)18-5/h8-10H,6-7H2,1-5H3. The maximum Gasteiger partial charge on any atom is 0.514 e. The minimum Gasteiger partial charge on any atom is -0.481 e. The van der Waals surface area contributed by atoms with Crippen molar-refractivity contribution in [3.05, 3.63) is 17.7 Å². The molecule has 0 aromatic carbocycles. The summed E-state index contributed by atoms with van der Waals surface area (Å²) in [6, 6.07) is 4.12. The van der Waals surface area contributed by atoms with Crippen molar-refractivity contribution in [3.63, 3.8) is 0 Å². The molecule has 1 aliphatic carbocycles. The van der Waals surface area contributed by atoms with E-state index in [-0.39, 0.29) is 11.2 Å². The second kappa shape index (κ2) is 4.47. The predicted octanol–water partition coefficient (Wildman–Crippen LogP) is 2.27. The van der Waals surface area contributed by atoms with Crippen LogP contribution in [0.4, 0.5) is 0 Å². The highest BCUT2D eigenvalue weighted by Gasteiger charge is 2.52. The molecule has 0 radical (unpaired) electrons. The van der Waals surface area contributed by atoms with Crippen LogP contribution in [0.25, 0.3) is 0 Å². The van der Waals surface area contributed by atoms with Gasteiger partial charge in [-0.3, -0.25) is 0 Å². The summed E-state index contributed by atoms with van der Waals surface area (Å²) in [4.78, 5) is 4.50. The molecule has 2 aliphatic rings. The molecule has 2 fully saturated rings. The van der Waals surface area contributed by atoms with Crippen LogP contribution in [0.2, 0.25) is 0 Å². The van der Waals surface area contributed by atoms with Gasteiger partial charge in [0, 0.05) is 6.07 Å². The zero-order valence-corrected chi connectivity index (χ0v) is 12.9. The molecule has 1 saturated heterocycles. The van der Waals surface area contributed by atoms with Crippen molar-refractivity contribution >= 4 is 12.7 Å². The van der Waals surface area contributed by atoms with Gasteiger partial charge in [0.25, 0.3) is 0 Å². The molecule has 0 bridgehead atoms. The van der Waals surface area contributed by atoms with E-state index in [9.17, 15) is 0 Å². The highest BCUT2D eigenvalue weighted by Crippen LogP contribution is 2.41. The van der Waals surface area contributed by atoms with Crippen LogP contribution >= 0.6 is 0 Å². The first-order valence-electron chi connectivity index (χ1n) is 7.24. The summed E-state index contributed by atoms with van der Waals surface area (Å²) in [5, 5.41) is 0. The number of rotatable bonds is 3. The molecular weight excluding hydrogens is 253 g/mol. The molecule has 4 nitrogen and oxygen atoms in total. The highest BCUT2D eigenvalue weighted by molar-refractivity contribution is 6.61. The summed E-state index contributed by atoms with van der Waals surface area (Å²) in [5.41, 5.74) is 1.40. The van der Waals surface area contributed by atoms with Crippen LogP contribution in [-0.2, 0) is 9.31 Å². The molecule has 1 saturated carbocycles. The van der Waals surface area contributed by atoms with E-state index in [1.807, 2.05) is 6.07 Å². The molecule has 0 unspecified atom stereocenters. The van der Waals surface area contributed by atoms with Crippen molar-refractivity contribution in [1.82, 2.24) is 4.98 Å². The van der Waals surface area contributed by atoms with Crippen molar-refractivity contribution in [2.45, 2.75) is 57.7 Å². The van der Waals surface area contributed by atoms with Crippen LogP contribution in [0.15, 0.2) is 12.1 Å². The smallest absolute Gasteiger partial charge is 0.481 e. The number of pyridine rings is 1. The molecule has 0 atom stereocenters. The summed E-state index contributed by atoms with van der Waals surface area (Å²) < 4.78 is 17.4. The predicted molar refractivity (Wildman–Crippen MR) is 78.5 cm³/mol. The molecule has 1 aliphatic heterocycles. The van der Waals surface area contributed by atoms with Gasteiger partial charge in [0.2, 0.25) is 5.88 Å². The van der Waals surface area contributed by atoms with Gasteiger partial charge in [-0.2, -0.15) is 0 Å². The maximum absolute atomic E-state index is 6.06. The third kappa shape index (κ3) is 2.33. The fraction of sp³-hybridized carbons (Fsp3) is 0.667. The summed E-state index contributed by atoms with van der Waals surface area (Å²) in [7, 11) is 1.22. The van der Waals surface area contributed by atoms with E-state index in [0.717, 1.165) is 5.59 Å². The fourth-order valence-electron chi connectivity index (χ4n) is 2.39. The van der Waals surface area contributed by atoms with Gasteiger partial charge in [-0.05, 0) is 58.1 Å². The van der Waals surface area contributed by atoms with E-state index in [2.05, 4.69) is 38.7 Å². The molecule has 5 heteroatoms. The number of nitrogens with zero attached hydrogens (tertiary/aromatic N) is 1. The third-order valence-electron chi connectivity index (χ3n) is 4.60. The normalized spacial score (nSPS) is 23.9. The average molecular weight is 275 g/mol.